The van der Waals surface area contributed by atoms with Gasteiger partial charge in [-0.2, -0.15) is 5.10 Å². The summed E-state index contributed by atoms with van der Waals surface area (Å²) in [6.07, 6.45) is 5.38. The number of aromatic nitrogens is 2. The molecule has 0 spiro atoms. The molecule has 0 aliphatic carbocycles. The highest BCUT2D eigenvalue weighted by atomic mass is 15.1. The van der Waals surface area contributed by atoms with Crippen LogP contribution < -0.4 is 0 Å². The van der Waals surface area contributed by atoms with E-state index < -0.39 is 0 Å². The third-order valence-electron chi connectivity index (χ3n) is 1.42. The molecule has 0 amide bonds. The molecule has 0 radical (unpaired) electrons. The van der Waals surface area contributed by atoms with Crippen molar-refractivity contribution >= 4 is 6.08 Å². The second-order valence-corrected chi connectivity index (χ2v) is 2.27. The normalized spacial score (nSPS) is 10.1. The van der Waals surface area contributed by atoms with Gasteiger partial charge in [0.15, 0.2) is 0 Å². The summed E-state index contributed by atoms with van der Waals surface area (Å²) in [6, 6.07) is 0. The standard InChI is InChI=1S/C7H9N5/c1-6-7(5-10-11-6)3-2-4-9-12-8/h2-3,5H,4H2,1H3,(H,10,11). The lowest BCUT2D eigenvalue weighted by atomic mass is 10.2. The van der Waals surface area contributed by atoms with Crippen molar-refractivity contribution in [2.45, 2.75) is 6.92 Å². The van der Waals surface area contributed by atoms with Crippen LogP contribution in [0.3, 0.4) is 0 Å². The van der Waals surface area contributed by atoms with Gasteiger partial charge in [0.1, 0.15) is 0 Å². The SMILES string of the molecule is Cc1[nH]ncc1C=CCN=[N+]=[N-]. The van der Waals surface area contributed by atoms with Gasteiger partial charge in [-0.3, -0.25) is 5.10 Å². The van der Waals surface area contributed by atoms with Crippen LogP contribution in [0.5, 0.6) is 0 Å². The zero-order valence-electron chi connectivity index (χ0n) is 6.73. The van der Waals surface area contributed by atoms with Crippen LogP contribution in [0.2, 0.25) is 0 Å². The van der Waals surface area contributed by atoms with Gasteiger partial charge in [0.05, 0.1) is 6.20 Å². The van der Waals surface area contributed by atoms with Gasteiger partial charge in [-0.1, -0.05) is 17.3 Å². The first-order chi connectivity index (χ1) is 5.84. The van der Waals surface area contributed by atoms with E-state index in [0.29, 0.717) is 6.54 Å². The van der Waals surface area contributed by atoms with Crippen molar-refractivity contribution in [2.24, 2.45) is 5.11 Å². The van der Waals surface area contributed by atoms with Crippen LogP contribution in [-0.2, 0) is 0 Å². The zero-order chi connectivity index (χ0) is 8.81. The third kappa shape index (κ3) is 2.14. The van der Waals surface area contributed by atoms with Crippen molar-refractivity contribution in [2.75, 3.05) is 6.54 Å². The minimum absolute atomic E-state index is 0.376. The number of aryl methyl sites for hydroxylation is 1. The maximum Gasteiger partial charge on any atom is 0.0562 e. The Hall–Kier alpha value is -1.74. The molecule has 0 bridgehead atoms. The van der Waals surface area contributed by atoms with Crippen molar-refractivity contribution in [3.63, 3.8) is 0 Å². The highest BCUT2D eigenvalue weighted by molar-refractivity contribution is 5.50. The van der Waals surface area contributed by atoms with Gasteiger partial charge in [0, 0.05) is 22.7 Å². The molecule has 0 saturated carbocycles. The first-order valence-corrected chi connectivity index (χ1v) is 3.52. The fourth-order valence-corrected chi connectivity index (χ4v) is 0.791. The van der Waals surface area contributed by atoms with Gasteiger partial charge in [0.2, 0.25) is 0 Å². The molecule has 0 aliphatic rings. The Morgan fingerprint density at radius 1 is 1.83 bits per heavy atom. The summed E-state index contributed by atoms with van der Waals surface area (Å²) < 4.78 is 0. The van der Waals surface area contributed by atoms with Gasteiger partial charge in [-0.25, -0.2) is 0 Å². The van der Waals surface area contributed by atoms with E-state index in [4.69, 9.17) is 5.53 Å². The van der Waals surface area contributed by atoms with E-state index >= 15 is 0 Å². The lowest BCUT2D eigenvalue weighted by Crippen LogP contribution is -1.74. The smallest absolute Gasteiger partial charge is 0.0562 e. The Kier molecular flexibility index (Phi) is 2.93. The molecule has 0 fully saturated rings. The first-order valence-electron chi connectivity index (χ1n) is 3.52. The number of hydrogen-bond donors (Lipinski definition) is 1. The molecule has 1 heterocycles. The number of hydrogen-bond acceptors (Lipinski definition) is 2. The second kappa shape index (κ2) is 4.20. The number of azide groups is 1. The average molecular weight is 163 g/mol. The van der Waals surface area contributed by atoms with Crippen LogP contribution in [0.1, 0.15) is 11.3 Å². The van der Waals surface area contributed by atoms with Crippen LogP contribution in [-0.4, -0.2) is 16.7 Å². The third-order valence-corrected chi connectivity index (χ3v) is 1.42. The van der Waals surface area contributed by atoms with Crippen molar-refractivity contribution in [1.82, 2.24) is 10.2 Å². The van der Waals surface area contributed by atoms with E-state index in [1.807, 2.05) is 13.0 Å². The van der Waals surface area contributed by atoms with Crippen LogP contribution in [0, 0.1) is 6.92 Å². The highest BCUT2D eigenvalue weighted by Gasteiger charge is 1.92. The summed E-state index contributed by atoms with van der Waals surface area (Å²) in [6.45, 7) is 2.31. The van der Waals surface area contributed by atoms with E-state index in [0.717, 1.165) is 11.3 Å². The number of rotatable bonds is 3. The quantitative estimate of drug-likeness (QED) is 0.413. The Labute approximate surface area is 69.7 Å². The molecular weight excluding hydrogens is 154 g/mol. The van der Waals surface area contributed by atoms with Crippen molar-refractivity contribution in [3.05, 3.63) is 34.0 Å². The maximum atomic E-state index is 7.98. The minimum Gasteiger partial charge on any atom is -0.282 e. The molecule has 0 saturated heterocycles. The molecule has 0 aromatic carbocycles. The molecule has 5 heteroatoms. The molecule has 1 N–H and O–H groups in total. The van der Waals surface area contributed by atoms with Gasteiger partial charge in [0.25, 0.3) is 0 Å². The summed E-state index contributed by atoms with van der Waals surface area (Å²) >= 11 is 0. The Morgan fingerprint density at radius 3 is 3.25 bits per heavy atom. The van der Waals surface area contributed by atoms with Gasteiger partial charge in [-0.15, -0.1) is 0 Å². The van der Waals surface area contributed by atoms with E-state index in [1.54, 1.807) is 12.3 Å². The van der Waals surface area contributed by atoms with E-state index in [2.05, 4.69) is 20.2 Å². The number of nitrogens with one attached hydrogen (secondary N) is 1. The predicted octanol–water partition coefficient (Wildman–Crippen LogP) is 2.04. The summed E-state index contributed by atoms with van der Waals surface area (Å²) in [4.78, 5) is 2.63. The van der Waals surface area contributed by atoms with E-state index in [-0.39, 0.29) is 0 Å². The summed E-state index contributed by atoms with van der Waals surface area (Å²) in [7, 11) is 0. The average Bonchev–Trinajstić information content (AvgIpc) is 2.46. The van der Waals surface area contributed by atoms with Crippen molar-refractivity contribution in [1.29, 1.82) is 0 Å². The topological polar surface area (TPSA) is 77.4 Å². The van der Waals surface area contributed by atoms with Crippen LogP contribution in [0.4, 0.5) is 0 Å². The molecule has 5 nitrogen and oxygen atoms in total. The Balaban J connectivity index is 2.57. The van der Waals surface area contributed by atoms with Crippen LogP contribution in [0.25, 0.3) is 16.5 Å². The van der Waals surface area contributed by atoms with E-state index in [1.165, 1.54) is 0 Å². The molecule has 62 valence electrons. The van der Waals surface area contributed by atoms with Crippen LogP contribution in [0.15, 0.2) is 17.4 Å². The molecule has 0 unspecified atom stereocenters. The lowest BCUT2D eigenvalue weighted by Gasteiger charge is -1.85. The Morgan fingerprint density at radius 2 is 2.67 bits per heavy atom. The van der Waals surface area contributed by atoms with Crippen LogP contribution >= 0.6 is 0 Å². The monoisotopic (exact) mass is 163 g/mol. The number of H-pyrrole nitrogens is 1. The first kappa shape index (κ1) is 8.36. The van der Waals surface area contributed by atoms with E-state index in [9.17, 15) is 0 Å². The summed E-state index contributed by atoms with van der Waals surface area (Å²) in [5.41, 5.74) is 10.0. The highest BCUT2D eigenvalue weighted by Crippen LogP contribution is 2.04. The van der Waals surface area contributed by atoms with Crippen molar-refractivity contribution < 1.29 is 0 Å². The molecule has 0 atom stereocenters. The predicted molar refractivity (Wildman–Crippen MR) is 46.4 cm³/mol. The maximum absolute atomic E-state index is 7.98. The zero-order valence-corrected chi connectivity index (χ0v) is 6.73. The van der Waals surface area contributed by atoms with Gasteiger partial charge >= 0.3 is 0 Å². The van der Waals surface area contributed by atoms with Gasteiger partial charge in [-0.05, 0) is 12.5 Å². The summed E-state index contributed by atoms with van der Waals surface area (Å²) in [5, 5.41) is 10.0. The minimum atomic E-state index is 0.376. The molecule has 0 aliphatic heterocycles. The van der Waals surface area contributed by atoms with Gasteiger partial charge < -0.3 is 0 Å². The van der Waals surface area contributed by atoms with Crippen molar-refractivity contribution in [3.8, 4) is 0 Å². The fourth-order valence-electron chi connectivity index (χ4n) is 0.791. The molecule has 1 rings (SSSR count). The molecular formula is C7H9N5. The second-order valence-electron chi connectivity index (χ2n) is 2.27. The summed E-state index contributed by atoms with van der Waals surface area (Å²) in [5.74, 6) is 0. The molecule has 1 aromatic heterocycles. The number of aromatic amines is 1. The fraction of sp³-hybridized carbons (Fsp3) is 0.286. The molecule has 12 heavy (non-hydrogen) atoms. The largest absolute Gasteiger partial charge is 0.282 e. The number of nitrogens with zero attached hydrogens (tertiary/aromatic N) is 4. The molecule has 1 aromatic rings. The lowest BCUT2D eigenvalue weighted by molar-refractivity contribution is 1.05. The Bertz CT molecular complexity index is 318.